The van der Waals surface area contributed by atoms with E-state index in [1.54, 1.807) is 0 Å². The van der Waals surface area contributed by atoms with Crippen molar-refractivity contribution in [1.29, 1.82) is 0 Å². The quantitative estimate of drug-likeness (QED) is 0.756. The fraction of sp³-hybridized carbons (Fsp3) is 0.333. The molecule has 0 heterocycles. The first-order valence-electron chi connectivity index (χ1n) is 4.08. The van der Waals surface area contributed by atoms with E-state index in [1.165, 1.54) is 12.1 Å². The first-order chi connectivity index (χ1) is 6.65. The van der Waals surface area contributed by atoms with Crippen LogP contribution in [-0.2, 0) is 0 Å². The molecule has 0 aliphatic rings. The second kappa shape index (κ2) is 4.88. The maximum atomic E-state index is 13.0. The van der Waals surface area contributed by atoms with Gasteiger partial charge < -0.3 is 15.6 Å². The molecule has 3 N–H and O–H groups in total. The van der Waals surface area contributed by atoms with Crippen LogP contribution in [0, 0.1) is 11.6 Å². The van der Waals surface area contributed by atoms with Gasteiger partial charge in [-0.05, 0) is 12.1 Å². The van der Waals surface area contributed by atoms with Crippen LogP contribution in [-0.4, -0.2) is 24.4 Å². The predicted octanol–water partition coefficient (Wildman–Crippen LogP) is 0.663. The first-order valence-corrected chi connectivity index (χ1v) is 4.08. The molecule has 0 aliphatic heterocycles. The second-order valence-corrected chi connectivity index (χ2v) is 2.81. The van der Waals surface area contributed by atoms with Crippen molar-refractivity contribution in [3.8, 4) is 5.75 Å². The number of aliphatic hydroxyl groups is 1. The minimum Gasteiger partial charge on any atom is -0.489 e. The summed E-state index contributed by atoms with van der Waals surface area (Å²) in [5.41, 5.74) is 5.32. The van der Waals surface area contributed by atoms with Crippen LogP contribution in [0.15, 0.2) is 18.2 Å². The van der Waals surface area contributed by atoms with E-state index in [-0.39, 0.29) is 19.0 Å². The summed E-state index contributed by atoms with van der Waals surface area (Å²) in [7, 11) is 0. The Morgan fingerprint density at radius 1 is 1.43 bits per heavy atom. The third-order valence-electron chi connectivity index (χ3n) is 1.60. The molecular formula is C9H11F2NO2. The van der Waals surface area contributed by atoms with Crippen molar-refractivity contribution in [2.24, 2.45) is 5.73 Å². The Balaban J connectivity index is 2.63. The minimum absolute atomic E-state index is 0.0587. The molecule has 5 heteroatoms. The number of benzene rings is 1. The third kappa shape index (κ3) is 2.65. The number of nitrogens with two attached hydrogens (primary N) is 1. The summed E-state index contributed by atoms with van der Waals surface area (Å²) in [6.07, 6.45) is 0. The molecule has 1 aromatic rings. The van der Waals surface area contributed by atoms with E-state index in [1.807, 2.05) is 0 Å². The van der Waals surface area contributed by atoms with Crippen molar-refractivity contribution in [2.45, 2.75) is 6.04 Å². The molecule has 0 aromatic heterocycles. The Kier molecular flexibility index (Phi) is 3.79. The molecule has 0 amide bonds. The maximum Gasteiger partial charge on any atom is 0.200 e. The molecule has 1 aromatic carbocycles. The van der Waals surface area contributed by atoms with E-state index >= 15 is 0 Å². The second-order valence-electron chi connectivity index (χ2n) is 2.81. The molecule has 1 rings (SSSR count). The highest BCUT2D eigenvalue weighted by atomic mass is 19.2. The molecule has 1 atom stereocenters. The van der Waals surface area contributed by atoms with Gasteiger partial charge in [-0.15, -0.1) is 0 Å². The summed E-state index contributed by atoms with van der Waals surface area (Å²) in [6.45, 7) is -0.326. The Bertz CT molecular complexity index is 307. The predicted molar refractivity (Wildman–Crippen MR) is 46.9 cm³/mol. The summed E-state index contributed by atoms with van der Waals surface area (Å²) in [5.74, 6) is -2.22. The molecule has 14 heavy (non-hydrogen) atoms. The molecule has 1 unspecified atom stereocenters. The smallest absolute Gasteiger partial charge is 0.200 e. The van der Waals surface area contributed by atoms with Gasteiger partial charge in [0.15, 0.2) is 11.6 Å². The van der Waals surface area contributed by atoms with Crippen molar-refractivity contribution >= 4 is 0 Å². The van der Waals surface area contributed by atoms with Crippen LogP contribution in [0.25, 0.3) is 0 Å². The molecule has 0 bridgehead atoms. The zero-order chi connectivity index (χ0) is 10.6. The van der Waals surface area contributed by atoms with Gasteiger partial charge in [-0.2, -0.15) is 4.39 Å². The van der Waals surface area contributed by atoms with Gasteiger partial charge in [-0.1, -0.05) is 6.07 Å². The van der Waals surface area contributed by atoms with E-state index in [0.717, 1.165) is 6.07 Å². The SMILES string of the molecule is NC(CO)COc1cccc(F)c1F. The average molecular weight is 203 g/mol. The Morgan fingerprint density at radius 2 is 2.14 bits per heavy atom. The molecule has 0 fully saturated rings. The normalized spacial score (nSPS) is 12.6. The molecule has 0 saturated carbocycles. The van der Waals surface area contributed by atoms with Crippen molar-refractivity contribution < 1.29 is 18.6 Å². The highest BCUT2D eigenvalue weighted by Gasteiger charge is 2.09. The molecule has 0 aliphatic carbocycles. The number of aliphatic hydroxyl groups excluding tert-OH is 1. The van der Waals surface area contributed by atoms with E-state index in [4.69, 9.17) is 15.6 Å². The first kappa shape index (κ1) is 10.9. The van der Waals surface area contributed by atoms with E-state index < -0.39 is 17.7 Å². The van der Waals surface area contributed by atoms with Crippen molar-refractivity contribution in [2.75, 3.05) is 13.2 Å². The maximum absolute atomic E-state index is 13.0. The Labute approximate surface area is 80.1 Å². The van der Waals surface area contributed by atoms with Crippen LogP contribution in [0.5, 0.6) is 5.75 Å². The lowest BCUT2D eigenvalue weighted by Gasteiger charge is -2.10. The van der Waals surface area contributed by atoms with Crippen molar-refractivity contribution in [3.63, 3.8) is 0 Å². The highest BCUT2D eigenvalue weighted by Crippen LogP contribution is 2.18. The molecule has 0 saturated heterocycles. The van der Waals surface area contributed by atoms with Gasteiger partial charge in [0.1, 0.15) is 6.61 Å². The molecule has 78 valence electrons. The van der Waals surface area contributed by atoms with Crippen molar-refractivity contribution in [3.05, 3.63) is 29.8 Å². The molecular weight excluding hydrogens is 192 g/mol. The third-order valence-corrected chi connectivity index (χ3v) is 1.60. The summed E-state index contributed by atoms with van der Waals surface area (Å²) in [5, 5.41) is 8.56. The zero-order valence-electron chi connectivity index (χ0n) is 7.41. The van der Waals surface area contributed by atoms with Gasteiger partial charge in [0.25, 0.3) is 0 Å². The van der Waals surface area contributed by atoms with Gasteiger partial charge in [-0.25, -0.2) is 4.39 Å². The molecule has 0 radical (unpaired) electrons. The fourth-order valence-electron chi connectivity index (χ4n) is 0.845. The standard InChI is InChI=1S/C9H11F2NO2/c10-7-2-1-3-8(9(7)11)14-5-6(12)4-13/h1-3,6,13H,4-5,12H2. The monoisotopic (exact) mass is 203 g/mol. The van der Waals surface area contributed by atoms with Gasteiger partial charge in [0.2, 0.25) is 5.82 Å². The zero-order valence-corrected chi connectivity index (χ0v) is 7.41. The summed E-state index contributed by atoms with van der Waals surface area (Å²) in [6, 6.07) is 3.02. The van der Waals surface area contributed by atoms with Gasteiger partial charge in [0.05, 0.1) is 12.6 Å². The molecule has 3 nitrogen and oxygen atoms in total. The Morgan fingerprint density at radius 3 is 2.79 bits per heavy atom. The van der Waals surface area contributed by atoms with E-state index in [2.05, 4.69) is 0 Å². The Hall–Kier alpha value is -1.20. The minimum atomic E-state index is -1.04. The lowest BCUT2D eigenvalue weighted by atomic mass is 10.3. The van der Waals surface area contributed by atoms with Crippen LogP contribution in [0.1, 0.15) is 0 Å². The summed E-state index contributed by atoms with van der Waals surface area (Å²) >= 11 is 0. The number of rotatable bonds is 4. The van der Waals surface area contributed by atoms with E-state index in [9.17, 15) is 8.78 Å². The van der Waals surface area contributed by atoms with E-state index in [0.29, 0.717) is 0 Å². The highest BCUT2D eigenvalue weighted by molar-refractivity contribution is 5.25. The topological polar surface area (TPSA) is 55.5 Å². The van der Waals surface area contributed by atoms with Crippen LogP contribution in [0.4, 0.5) is 8.78 Å². The molecule has 0 spiro atoms. The number of ether oxygens (including phenoxy) is 1. The van der Waals surface area contributed by atoms with Crippen LogP contribution < -0.4 is 10.5 Å². The summed E-state index contributed by atoms with van der Waals surface area (Å²) < 4.78 is 30.5. The number of hydrogen-bond donors (Lipinski definition) is 2. The summed E-state index contributed by atoms with van der Waals surface area (Å²) in [4.78, 5) is 0. The average Bonchev–Trinajstić information content (AvgIpc) is 2.20. The number of hydrogen-bond acceptors (Lipinski definition) is 3. The lowest BCUT2D eigenvalue weighted by molar-refractivity contribution is 0.201. The van der Waals surface area contributed by atoms with Crippen LogP contribution >= 0.6 is 0 Å². The van der Waals surface area contributed by atoms with Crippen LogP contribution in [0.2, 0.25) is 0 Å². The van der Waals surface area contributed by atoms with Gasteiger partial charge in [-0.3, -0.25) is 0 Å². The van der Waals surface area contributed by atoms with Crippen LogP contribution in [0.3, 0.4) is 0 Å². The van der Waals surface area contributed by atoms with Gasteiger partial charge >= 0.3 is 0 Å². The largest absolute Gasteiger partial charge is 0.489 e. The lowest BCUT2D eigenvalue weighted by Crippen LogP contribution is -2.31. The number of halogens is 2. The van der Waals surface area contributed by atoms with Crippen molar-refractivity contribution in [1.82, 2.24) is 0 Å². The van der Waals surface area contributed by atoms with Gasteiger partial charge in [0, 0.05) is 0 Å². The fourth-order valence-corrected chi connectivity index (χ4v) is 0.845.